The predicted molar refractivity (Wildman–Crippen MR) is 79.6 cm³/mol. The van der Waals surface area contributed by atoms with Crippen LogP contribution in [-0.2, 0) is 4.79 Å². The fraction of sp³-hybridized carbons (Fsp3) is 0. The first kappa shape index (κ1) is 14.5. The standard InChI is InChI=1S/C14H12.C3H4O2/c1-3-7-13(8-4-1)11-12-14-9-5-2-6-10-14;1-2-3(4)5/h1-12H;2H,1H2,(H,4,5)/b12-11+;. The van der Waals surface area contributed by atoms with Gasteiger partial charge in [0.15, 0.2) is 0 Å². The van der Waals surface area contributed by atoms with Crippen LogP contribution in [0.4, 0.5) is 0 Å². The van der Waals surface area contributed by atoms with Crippen LogP contribution in [0.15, 0.2) is 73.3 Å². The summed E-state index contributed by atoms with van der Waals surface area (Å²) < 4.78 is 0. The first-order valence-corrected chi connectivity index (χ1v) is 5.86. The van der Waals surface area contributed by atoms with Gasteiger partial charge in [-0.2, -0.15) is 0 Å². The van der Waals surface area contributed by atoms with Crippen LogP contribution in [0.2, 0.25) is 0 Å². The Kier molecular flexibility index (Phi) is 6.45. The van der Waals surface area contributed by atoms with E-state index >= 15 is 0 Å². The lowest BCUT2D eigenvalue weighted by atomic mass is 10.1. The van der Waals surface area contributed by atoms with Gasteiger partial charge in [-0.1, -0.05) is 79.4 Å². The van der Waals surface area contributed by atoms with Crippen LogP contribution in [-0.4, -0.2) is 11.1 Å². The third-order valence-corrected chi connectivity index (χ3v) is 2.24. The van der Waals surface area contributed by atoms with Crippen molar-refractivity contribution in [3.63, 3.8) is 0 Å². The molecule has 0 radical (unpaired) electrons. The zero-order chi connectivity index (χ0) is 13.9. The van der Waals surface area contributed by atoms with Gasteiger partial charge in [0.2, 0.25) is 0 Å². The van der Waals surface area contributed by atoms with Crippen molar-refractivity contribution in [2.75, 3.05) is 0 Å². The average molecular weight is 252 g/mol. The Bertz CT molecular complexity index is 486. The van der Waals surface area contributed by atoms with E-state index in [9.17, 15) is 4.79 Å². The van der Waals surface area contributed by atoms with Crippen molar-refractivity contribution in [3.8, 4) is 0 Å². The summed E-state index contributed by atoms with van der Waals surface area (Å²) in [6.45, 7) is 2.96. The highest BCUT2D eigenvalue weighted by Gasteiger charge is 1.84. The Hall–Kier alpha value is -2.61. The second-order valence-corrected chi connectivity index (χ2v) is 3.70. The van der Waals surface area contributed by atoms with Crippen LogP contribution < -0.4 is 0 Å². The predicted octanol–water partition coefficient (Wildman–Crippen LogP) is 4.11. The zero-order valence-corrected chi connectivity index (χ0v) is 10.6. The number of rotatable bonds is 3. The molecule has 1 N–H and O–H groups in total. The van der Waals surface area contributed by atoms with E-state index in [1.165, 1.54) is 11.1 Å². The molecule has 0 bridgehead atoms. The lowest BCUT2D eigenvalue weighted by Gasteiger charge is -1.92. The molecule has 2 aromatic carbocycles. The van der Waals surface area contributed by atoms with Gasteiger partial charge in [0.05, 0.1) is 0 Å². The molecule has 19 heavy (non-hydrogen) atoms. The molecule has 0 unspecified atom stereocenters. The first-order chi connectivity index (χ1) is 9.22. The van der Waals surface area contributed by atoms with Gasteiger partial charge < -0.3 is 5.11 Å². The van der Waals surface area contributed by atoms with Crippen molar-refractivity contribution in [3.05, 3.63) is 84.4 Å². The number of hydrogen-bond acceptors (Lipinski definition) is 1. The number of carboxylic acid groups (broad SMARTS) is 1. The van der Waals surface area contributed by atoms with Gasteiger partial charge >= 0.3 is 5.97 Å². The Morgan fingerprint density at radius 2 is 1.16 bits per heavy atom. The minimum Gasteiger partial charge on any atom is -0.478 e. The molecule has 0 fully saturated rings. The summed E-state index contributed by atoms with van der Waals surface area (Å²) in [5.41, 5.74) is 2.47. The van der Waals surface area contributed by atoms with Crippen molar-refractivity contribution < 1.29 is 9.90 Å². The maximum Gasteiger partial charge on any atom is 0.327 e. The largest absolute Gasteiger partial charge is 0.478 e. The minimum atomic E-state index is -0.981. The molecule has 0 aliphatic heterocycles. The van der Waals surface area contributed by atoms with Crippen LogP contribution in [0.3, 0.4) is 0 Å². The average Bonchev–Trinajstić information content (AvgIpc) is 2.48. The molecular formula is C17H16O2. The molecule has 0 spiro atoms. The van der Waals surface area contributed by atoms with E-state index in [4.69, 9.17) is 5.11 Å². The van der Waals surface area contributed by atoms with E-state index < -0.39 is 5.97 Å². The van der Waals surface area contributed by atoms with Crippen molar-refractivity contribution in [1.29, 1.82) is 0 Å². The van der Waals surface area contributed by atoms with Gasteiger partial charge in [0.25, 0.3) is 0 Å². The molecule has 2 nitrogen and oxygen atoms in total. The number of carbonyl (C=O) groups is 1. The fourth-order valence-electron chi connectivity index (χ4n) is 1.32. The van der Waals surface area contributed by atoms with E-state index in [1.54, 1.807) is 0 Å². The SMILES string of the molecule is C(=C\c1ccccc1)/c1ccccc1.C=CC(=O)O. The first-order valence-electron chi connectivity index (χ1n) is 5.86. The minimum absolute atomic E-state index is 0.833. The van der Waals surface area contributed by atoms with Gasteiger partial charge in [-0.3, -0.25) is 0 Å². The summed E-state index contributed by atoms with van der Waals surface area (Å²) in [6.07, 6.45) is 5.07. The Morgan fingerprint density at radius 3 is 1.42 bits per heavy atom. The summed E-state index contributed by atoms with van der Waals surface area (Å²) in [5, 5.41) is 7.60. The lowest BCUT2D eigenvalue weighted by molar-refractivity contribution is -0.131. The van der Waals surface area contributed by atoms with Crippen molar-refractivity contribution in [1.82, 2.24) is 0 Å². The highest BCUT2D eigenvalue weighted by Crippen LogP contribution is 2.06. The molecule has 0 saturated carbocycles. The quantitative estimate of drug-likeness (QED) is 0.659. The summed E-state index contributed by atoms with van der Waals surface area (Å²) in [7, 11) is 0. The zero-order valence-electron chi connectivity index (χ0n) is 10.6. The summed E-state index contributed by atoms with van der Waals surface area (Å²) >= 11 is 0. The van der Waals surface area contributed by atoms with Crippen LogP contribution in [0, 0.1) is 0 Å². The third kappa shape index (κ3) is 6.64. The number of hydrogen-bond donors (Lipinski definition) is 1. The second-order valence-electron chi connectivity index (χ2n) is 3.70. The Balaban J connectivity index is 0.000000312. The molecule has 0 aliphatic carbocycles. The lowest BCUT2D eigenvalue weighted by Crippen LogP contribution is -1.82. The third-order valence-electron chi connectivity index (χ3n) is 2.24. The van der Waals surface area contributed by atoms with E-state index in [2.05, 4.69) is 43.0 Å². The molecule has 96 valence electrons. The van der Waals surface area contributed by atoms with Crippen molar-refractivity contribution >= 4 is 18.1 Å². The van der Waals surface area contributed by atoms with Crippen LogP contribution >= 0.6 is 0 Å². The number of aliphatic carboxylic acids is 1. The molecule has 2 aromatic rings. The summed E-state index contributed by atoms with van der Waals surface area (Å²) in [6, 6.07) is 20.6. The topological polar surface area (TPSA) is 37.3 Å². The van der Waals surface area contributed by atoms with Crippen molar-refractivity contribution in [2.45, 2.75) is 0 Å². The van der Waals surface area contributed by atoms with E-state index in [-0.39, 0.29) is 0 Å². The van der Waals surface area contributed by atoms with E-state index in [1.807, 2.05) is 36.4 Å². The molecule has 0 atom stereocenters. The van der Waals surface area contributed by atoms with Gasteiger partial charge in [-0.15, -0.1) is 0 Å². The number of carboxylic acids is 1. The van der Waals surface area contributed by atoms with Crippen LogP contribution in [0.1, 0.15) is 11.1 Å². The van der Waals surface area contributed by atoms with Crippen LogP contribution in [0.25, 0.3) is 12.2 Å². The molecule has 0 heterocycles. The maximum absolute atomic E-state index is 9.25. The van der Waals surface area contributed by atoms with Crippen LogP contribution in [0.5, 0.6) is 0 Å². The second kappa shape index (κ2) is 8.48. The monoisotopic (exact) mass is 252 g/mol. The highest BCUT2D eigenvalue weighted by atomic mass is 16.4. The van der Waals surface area contributed by atoms with Gasteiger partial charge in [-0.05, 0) is 11.1 Å². The number of benzene rings is 2. The highest BCUT2D eigenvalue weighted by molar-refractivity contribution is 5.78. The molecule has 2 heteroatoms. The molecular weight excluding hydrogens is 236 g/mol. The van der Waals surface area contributed by atoms with Crippen molar-refractivity contribution in [2.24, 2.45) is 0 Å². The molecule has 0 aromatic heterocycles. The van der Waals surface area contributed by atoms with Gasteiger partial charge in [-0.25, -0.2) is 4.79 Å². The van der Waals surface area contributed by atoms with Gasteiger partial charge in [0.1, 0.15) is 0 Å². The molecule has 0 amide bonds. The maximum atomic E-state index is 9.25. The smallest absolute Gasteiger partial charge is 0.327 e. The Morgan fingerprint density at radius 1 is 0.842 bits per heavy atom. The fourth-order valence-corrected chi connectivity index (χ4v) is 1.32. The normalized spacial score (nSPS) is 9.47. The van der Waals surface area contributed by atoms with Gasteiger partial charge in [0, 0.05) is 6.08 Å². The summed E-state index contributed by atoms with van der Waals surface area (Å²) in [5.74, 6) is -0.981. The summed E-state index contributed by atoms with van der Waals surface area (Å²) in [4.78, 5) is 9.25. The Labute approximate surface area is 113 Å². The molecule has 0 saturated heterocycles. The van der Waals surface area contributed by atoms with E-state index in [0.29, 0.717) is 0 Å². The molecule has 2 rings (SSSR count). The molecule has 0 aliphatic rings. The van der Waals surface area contributed by atoms with E-state index in [0.717, 1.165) is 6.08 Å².